The van der Waals surface area contributed by atoms with Crippen molar-refractivity contribution in [1.82, 2.24) is 14.9 Å². The standard InChI is InChI=1S/C17H25N5O2S/c1-11-12(2)25-17-15(11)16(18-9-14(23)21(3)4)19-13(20-17)10-22-5-7-24-8-6-22/h5-10H2,1-4H3,(H,18,19,20)/p+1. The second kappa shape index (κ2) is 7.63. The van der Waals surface area contributed by atoms with Gasteiger partial charge < -0.3 is 19.9 Å². The fourth-order valence-electron chi connectivity index (χ4n) is 2.88. The largest absolute Gasteiger partial charge is 0.370 e. The number of thiophene rings is 1. The predicted molar refractivity (Wildman–Crippen MR) is 99.3 cm³/mol. The summed E-state index contributed by atoms with van der Waals surface area (Å²) in [5.74, 6) is 1.62. The molecule has 1 amide bonds. The minimum atomic E-state index is 0.0247. The molecule has 136 valence electrons. The predicted octanol–water partition coefficient (Wildman–Crippen LogP) is 0.223. The number of nitrogens with one attached hydrogen (secondary N) is 2. The highest BCUT2D eigenvalue weighted by Gasteiger charge is 2.20. The van der Waals surface area contributed by atoms with E-state index in [1.165, 1.54) is 15.3 Å². The van der Waals surface area contributed by atoms with Gasteiger partial charge in [0.05, 0.1) is 25.1 Å². The van der Waals surface area contributed by atoms with Crippen LogP contribution in [0.3, 0.4) is 0 Å². The van der Waals surface area contributed by atoms with Gasteiger partial charge in [0.1, 0.15) is 30.3 Å². The SMILES string of the molecule is Cc1sc2nc(C[NH+]3CCOCC3)nc(NCC(=O)N(C)C)c2c1C. The summed E-state index contributed by atoms with van der Waals surface area (Å²) in [4.78, 5) is 26.7. The van der Waals surface area contributed by atoms with Crippen molar-refractivity contribution in [2.75, 3.05) is 52.3 Å². The Hall–Kier alpha value is -1.77. The van der Waals surface area contributed by atoms with Gasteiger partial charge in [0, 0.05) is 19.0 Å². The smallest absolute Gasteiger partial charge is 0.241 e. The van der Waals surface area contributed by atoms with Gasteiger partial charge in [-0.1, -0.05) is 0 Å². The van der Waals surface area contributed by atoms with Crippen LogP contribution in [0.1, 0.15) is 16.3 Å². The second-order valence-corrected chi connectivity index (χ2v) is 7.84. The van der Waals surface area contributed by atoms with E-state index in [2.05, 4.69) is 19.2 Å². The molecular formula is C17H26N5O2S+. The molecule has 2 aromatic rings. The van der Waals surface area contributed by atoms with Crippen LogP contribution in [0.2, 0.25) is 0 Å². The van der Waals surface area contributed by atoms with Gasteiger partial charge in [-0.2, -0.15) is 0 Å². The van der Waals surface area contributed by atoms with Crippen molar-refractivity contribution in [2.24, 2.45) is 0 Å². The number of aryl methyl sites for hydroxylation is 2. The molecule has 2 N–H and O–H groups in total. The van der Waals surface area contributed by atoms with Gasteiger partial charge >= 0.3 is 0 Å². The van der Waals surface area contributed by atoms with Crippen LogP contribution in [0.4, 0.5) is 5.82 Å². The van der Waals surface area contributed by atoms with E-state index in [0.29, 0.717) is 0 Å². The number of carbonyl (C=O) groups is 1. The number of nitrogens with zero attached hydrogens (tertiary/aromatic N) is 3. The average Bonchev–Trinajstić information content (AvgIpc) is 2.87. The van der Waals surface area contributed by atoms with Gasteiger partial charge in [-0.3, -0.25) is 4.79 Å². The highest BCUT2D eigenvalue weighted by molar-refractivity contribution is 7.18. The number of amides is 1. The molecule has 1 aliphatic rings. The zero-order chi connectivity index (χ0) is 18.0. The third-order valence-corrected chi connectivity index (χ3v) is 5.69. The monoisotopic (exact) mass is 364 g/mol. The van der Waals surface area contributed by atoms with Gasteiger partial charge in [0.25, 0.3) is 0 Å². The molecule has 3 rings (SSSR count). The van der Waals surface area contributed by atoms with E-state index in [-0.39, 0.29) is 12.5 Å². The van der Waals surface area contributed by atoms with Crippen LogP contribution < -0.4 is 10.2 Å². The summed E-state index contributed by atoms with van der Waals surface area (Å²) in [6.45, 7) is 8.74. The van der Waals surface area contributed by atoms with E-state index in [4.69, 9.17) is 14.7 Å². The molecule has 8 heteroatoms. The zero-order valence-corrected chi connectivity index (χ0v) is 16.1. The lowest BCUT2D eigenvalue weighted by molar-refractivity contribution is -0.922. The summed E-state index contributed by atoms with van der Waals surface area (Å²) in [5.41, 5.74) is 1.19. The van der Waals surface area contributed by atoms with E-state index in [1.54, 1.807) is 30.3 Å². The lowest BCUT2D eigenvalue weighted by atomic mass is 10.2. The van der Waals surface area contributed by atoms with E-state index < -0.39 is 0 Å². The summed E-state index contributed by atoms with van der Waals surface area (Å²) < 4.78 is 5.42. The van der Waals surface area contributed by atoms with Gasteiger partial charge in [-0.25, -0.2) is 9.97 Å². The second-order valence-electron chi connectivity index (χ2n) is 6.63. The fourth-order valence-corrected chi connectivity index (χ4v) is 3.93. The summed E-state index contributed by atoms with van der Waals surface area (Å²) in [7, 11) is 3.51. The van der Waals surface area contributed by atoms with Crippen molar-refractivity contribution < 1.29 is 14.4 Å². The first kappa shape index (κ1) is 18.0. The summed E-state index contributed by atoms with van der Waals surface area (Å²) in [6.07, 6.45) is 0. The first-order valence-electron chi connectivity index (χ1n) is 8.57. The van der Waals surface area contributed by atoms with E-state index >= 15 is 0 Å². The molecule has 7 nitrogen and oxygen atoms in total. The van der Waals surface area contributed by atoms with E-state index in [9.17, 15) is 4.79 Å². The summed E-state index contributed by atoms with van der Waals surface area (Å²) >= 11 is 1.69. The molecule has 0 saturated carbocycles. The molecule has 0 atom stereocenters. The molecule has 0 unspecified atom stereocenters. The number of hydrogen-bond acceptors (Lipinski definition) is 6. The number of quaternary nitrogens is 1. The Labute approximate surface area is 152 Å². The van der Waals surface area contributed by atoms with Crippen molar-refractivity contribution in [2.45, 2.75) is 20.4 Å². The van der Waals surface area contributed by atoms with Crippen molar-refractivity contribution in [3.63, 3.8) is 0 Å². The number of ether oxygens (including phenoxy) is 1. The van der Waals surface area contributed by atoms with Crippen LogP contribution in [-0.2, 0) is 16.1 Å². The Kier molecular flexibility index (Phi) is 5.51. The Morgan fingerprint density at radius 1 is 1.28 bits per heavy atom. The number of carbonyl (C=O) groups excluding carboxylic acids is 1. The molecular weight excluding hydrogens is 338 g/mol. The highest BCUT2D eigenvalue weighted by Crippen LogP contribution is 2.33. The van der Waals surface area contributed by atoms with Gasteiger partial charge in [-0.15, -0.1) is 11.3 Å². The lowest BCUT2D eigenvalue weighted by Crippen LogP contribution is -3.12. The van der Waals surface area contributed by atoms with Crippen molar-refractivity contribution in [1.29, 1.82) is 0 Å². The van der Waals surface area contributed by atoms with Crippen molar-refractivity contribution >= 4 is 33.3 Å². The van der Waals surface area contributed by atoms with Crippen LogP contribution in [0.5, 0.6) is 0 Å². The van der Waals surface area contributed by atoms with Crippen LogP contribution in [0.15, 0.2) is 0 Å². The maximum atomic E-state index is 11.9. The molecule has 2 aromatic heterocycles. The quantitative estimate of drug-likeness (QED) is 0.794. The minimum absolute atomic E-state index is 0.0247. The molecule has 0 bridgehead atoms. The number of fused-ring (bicyclic) bond motifs is 1. The maximum absolute atomic E-state index is 11.9. The third-order valence-electron chi connectivity index (χ3n) is 4.59. The molecule has 25 heavy (non-hydrogen) atoms. The normalized spacial score (nSPS) is 15.5. The zero-order valence-electron chi connectivity index (χ0n) is 15.3. The van der Waals surface area contributed by atoms with E-state index in [0.717, 1.165) is 54.7 Å². The minimum Gasteiger partial charge on any atom is -0.370 e. The topological polar surface area (TPSA) is 71.8 Å². The van der Waals surface area contributed by atoms with Crippen molar-refractivity contribution in [3.05, 3.63) is 16.3 Å². The number of anilines is 1. The molecule has 0 aliphatic carbocycles. The van der Waals surface area contributed by atoms with Crippen LogP contribution in [0, 0.1) is 13.8 Å². The van der Waals surface area contributed by atoms with Crippen LogP contribution in [0.25, 0.3) is 10.2 Å². The van der Waals surface area contributed by atoms with Crippen LogP contribution in [-0.4, -0.2) is 67.7 Å². The Morgan fingerprint density at radius 2 is 2.00 bits per heavy atom. The Morgan fingerprint density at radius 3 is 2.68 bits per heavy atom. The Balaban J connectivity index is 1.89. The molecule has 1 saturated heterocycles. The number of aromatic nitrogens is 2. The first-order chi connectivity index (χ1) is 12.0. The highest BCUT2D eigenvalue weighted by atomic mass is 32.1. The lowest BCUT2D eigenvalue weighted by Gasteiger charge is -2.23. The fraction of sp³-hybridized carbons (Fsp3) is 0.588. The number of rotatable bonds is 5. The van der Waals surface area contributed by atoms with Gasteiger partial charge in [0.15, 0.2) is 5.82 Å². The molecule has 3 heterocycles. The van der Waals surface area contributed by atoms with Crippen molar-refractivity contribution in [3.8, 4) is 0 Å². The molecule has 0 radical (unpaired) electrons. The van der Waals surface area contributed by atoms with Gasteiger partial charge in [-0.05, 0) is 19.4 Å². The number of hydrogen-bond donors (Lipinski definition) is 2. The molecule has 0 aromatic carbocycles. The molecule has 0 spiro atoms. The molecule has 1 fully saturated rings. The molecule has 1 aliphatic heterocycles. The summed E-state index contributed by atoms with van der Waals surface area (Å²) in [6, 6.07) is 0. The van der Waals surface area contributed by atoms with Crippen LogP contribution >= 0.6 is 11.3 Å². The average molecular weight is 364 g/mol. The first-order valence-corrected chi connectivity index (χ1v) is 9.39. The summed E-state index contributed by atoms with van der Waals surface area (Å²) in [5, 5.41) is 4.27. The third kappa shape index (κ3) is 4.08. The number of likely N-dealkylation sites (N-methyl/N-ethyl adjacent to an activating group) is 1. The maximum Gasteiger partial charge on any atom is 0.241 e. The van der Waals surface area contributed by atoms with E-state index in [1.807, 2.05) is 0 Å². The number of morpholine rings is 1. The van der Waals surface area contributed by atoms with Gasteiger partial charge in [0.2, 0.25) is 5.91 Å². The Bertz CT molecular complexity index is 768.